The topological polar surface area (TPSA) is 110 Å². The van der Waals surface area contributed by atoms with Gasteiger partial charge in [0.2, 0.25) is 5.91 Å². The molecule has 0 radical (unpaired) electrons. The summed E-state index contributed by atoms with van der Waals surface area (Å²) in [5, 5.41) is 5.37. The first-order valence-corrected chi connectivity index (χ1v) is 8.94. The lowest BCUT2D eigenvalue weighted by Crippen LogP contribution is -2.31. The fraction of sp³-hybridized carbons (Fsp3) is 0.316. The number of urea groups is 1. The minimum Gasteiger partial charge on any atom is -0.486 e. The van der Waals surface area contributed by atoms with Crippen molar-refractivity contribution in [2.45, 2.75) is 25.4 Å². The van der Waals surface area contributed by atoms with Crippen molar-refractivity contribution in [3.05, 3.63) is 42.4 Å². The van der Waals surface area contributed by atoms with Crippen LogP contribution in [0.15, 0.2) is 41.0 Å². The summed E-state index contributed by atoms with van der Waals surface area (Å²) in [5.41, 5.74) is 0.579. The Morgan fingerprint density at radius 1 is 1.18 bits per heavy atom. The Bertz CT molecular complexity index is 895. The largest absolute Gasteiger partial charge is 0.486 e. The molecular weight excluding hydrogens is 366 g/mol. The third-order valence-corrected chi connectivity index (χ3v) is 4.49. The molecule has 1 saturated heterocycles. The standard InChI is InChI=1S/C19H19N3O6/c23-17(20-12-3-5-15-16(10-12)28-9-8-27-15)6-4-14-18(24)22(19(25)21-14)11-13-2-1-7-26-13/h1-3,5,7,10,14H,4,6,8-9,11H2,(H,20,23)(H,21,25)/t14-/m1/s1. The maximum atomic E-state index is 12.4. The molecule has 4 amide bonds. The Balaban J connectivity index is 1.30. The van der Waals surface area contributed by atoms with Gasteiger partial charge in [0.05, 0.1) is 12.8 Å². The van der Waals surface area contributed by atoms with Crippen molar-refractivity contribution < 1.29 is 28.3 Å². The molecule has 9 nitrogen and oxygen atoms in total. The van der Waals surface area contributed by atoms with E-state index in [0.717, 1.165) is 4.90 Å². The maximum Gasteiger partial charge on any atom is 0.325 e. The van der Waals surface area contributed by atoms with Gasteiger partial charge in [0.25, 0.3) is 5.91 Å². The average molecular weight is 385 g/mol. The third-order valence-electron chi connectivity index (χ3n) is 4.49. The number of nitrogens with one attached hydrogen (secondary N) is 2. The summed E-state index contributed by atoms with van der Waals surface area (Å²) in [7, 11) is 0. The Kier molecular flexibility index (Phi) is 4.88. The molecule has 2 N–H and O–H groups in total. The fourth-order valence-corrected chi connectivity index (χ4v) is 3.10. The van der Waals surface area contributed by atoms with E-state index < -0.39 is 12.1 Å². The van der Waals surface area contributed by atoms with Crippen molar-refractivity contribution in [2.24, 2.45) is 0 Å². The van der Waals surface area contributed by atoms with Crippen LogP contribution in [0.1, 0.15) is 18.6 Å². The number of amides is 4. The molecule has 0 aliphatic carbocycles. The van der Waals surface area contributed by atoms with Gasteiger partial charge in [-0.3, -0.25) is 14.5 Å². The Labute approximate surface area is 160 Å². The number of nitrogens with zero attached hydrogens (tertiary/aromatic N) is 1. The maximum absolute atomic E-state index is 12.4. The molecule has 2 aliphatic rings. The van der Waals surface area contributed by atoms with Gasteiger partial charge in [0, 0.05) is 18.2 Å². The number of furan rings is 1. The molecule has 0 bridgehead atoms. The number of hydrogen-bond acceptors (Lipinski definition) is 6. The zero-order chi connectivity index (χ0) is 19.5. The van der Waals surface area contributed by atoms with E-state index >= 15 is 0 Å². The van der Waals surface area contributed by atoms with E-state index in [1.807, 2.05) is 0 Å². The van der Waals surface area contributed by atoms with Gasteiger partial charge in [0.15, 0.2) is 11.5 Å². The molecule has 2 aliphatic heterocycles. The van der Waals surface area contributed by atoms with Crippen molar-refractivity contribution in [2.75, 3.05) is 18.5 Å². The van der Waals surface area contributed by atoms with E-state index in [4.69, 9.17) is 13.9 Å². The van der Waals surface area contributed by atoms with Crippen LogP contribution in [-0.4, -0.2) is 42.0 Å². The Morgan fingerprint density at radius 2 is 2.00 bits per heavy atom. The molecule has 1 aromatic carbocycles. The van der Waals surface area contributed by atoms with Crippen LogP contribution in [0.3, 0.4) is 0 Å². The summed E-state index contributed by atoms with van der Waals surface area (Å²) in [5.74, 6) is 1.10. The highest BCUT2D eigenvalue weighted by atomic mass is 16.6. The van der Waals surface area contributed by atoms with Gasteiger partial charge in [0.1, 0.15) is 25.0 Å². The molecule has 9 heteroatoms. The smallest absolute Gasteiger partial charge is 0.325 e. The van der Waals surface area contributed by atoms with Gasteiger partial charge >= 0.3 is 6.03 Å². The minimum absolute atomic E-state index is 0.0670. The number of rotatable bonds is 6. The summed E-state index contributed by atoms with van der Waals surface area (Å²) < 4.78 is 16.1. The zero-order valence-corrected chi connectivity index (χ0v) is 15.0. The highest BCUT2D eigenvalue weighted by Crippen LogP contribution is 2.32. The van der Waals surface area contributed by atoms with Crippen LogP contribution in [0, 0.1) is 0 Å². The molecule has 1 fully saturated rings. The monoisotopic (exact) mass is 385 g/mol. The van der Waals surface area contributed by atoms with E-state index in [2.05, 4.69) is 10.6 Å². The van der Waals surface area contributed by atoms with Crippen LogP contribution >= 0.6 is 0 Å². The number of fused-ring (bicyclic) bond motifs is 1. The molecular formula is C19H19N3O6. The molecule has 0 spiro atoms. The highest BCUT2D eigenvalue weighted by molar-refractivity contribution is 6.04. The SMILES string of the molecule is O=C(CC[C@H]1NC(=O)N(Cc2ccco2)C1=O)Nc1ccc2c(c1)OCCO2. The Hall–Kier alpha value is -3.49. The van der Waals surface area contributed by atoms with E-state index in [0.29, 0.717) is 36.2 Å². The van der Waals surface area contributed by atoms with Crippen LogP contribution in [0.4, 0.5) is 10.5 Å². The van der Waals surface area contributed by atoms with Crippen molar-refractivity contribution >= 4 is 23.5 Å². The fourth-order valence-electron chi connectivity index (χ4n) is 3.10. The predicted molar refractivity (Wildman–Crippen MR) is 96.9 cm³/mol. The van der Waals surface area contributed by atoms with Gasteiger partial charge in [-0.25, -0.2) is 4.79 Å². The quantitative estimate of drug-likeness (QED) is 0.735. The van der Waals surface area contributed by atoms with E-state index in [9.17, 15) is 14.4 Å². The minimum atomic E-state index is -0.728. The molecule has 2 aromatic rings. The van der Waals surface area contributed by atoms with Crippen LogP contribution in [-0.2, 0) is 16.1 Å². The second kappa shape index (κ2) is 7.63. The molecule has 3 heterocycles. The number of ether oxygens (including phenoxy) is 2. The van der Waals surface area contributed by atoms with E-state index in [1.54, 1.807) is 30.3 Å². The molecule has 0 saturated carbocycles. The number of benzene rings is 1. The van der Waals surface area contributed by atoms with Crippen molar-refractivity contribution in [1.29, 1.82) is 0 Å². The van der Waals surface area contributed by atoms with Gasteiger partial charge in [-0.05, 0) is 30.7 Å². The molecule has 0 unspecified atom stereocenters. The highest BCUT2D eigenvalue weighted by Gasteiger charge is 2.38. The zero-order valence-electron chi connectivity index (χ0n) is 15.0. The summed E-state index contributed by atoms with van der Waals surface area (Å²) in [6.07, 6.45) is 1.77. The third kappa shape index (κ3) is 3.78. The van der Waals surface area contributed by atoms with Crippen LogP contribution in [0.5, 0.6) is 11.5 Å². The van der Waals surface area contributed by atoms with E-state index in [-0.39, 0.29) is 31.2 Å². The number of carbonyl (C=O) groups excluding carboxylic acids is 3. The van der Waals surface area contributed by atoms with Gasteiger partial charge in [-0.2, -0.15) is 0 Å². The second-order valence-corrected chi connectivity index (χ2v) is 6.45. The molecule has 28 heavy (non-hydrogen) atoms. The summed E-state index contributed by atoms with van der Waals surface area (Å²) in [4.78, 5) is 37.7. The lowest BCUT2D eigenvalue weighted by molar-refractivity contribution is -0.128. The van der Waals surface area contributed by atoms with Crippen LogP contribution < -0.4 is 20.1 Å². The van der Waals surface area contributed by atoms with Crippen LogP contribution in [0.25, 0.3) is 0 Å². The average Bonchev–Trinajstić information content (AvgIpc) is 3.30. The first-order valence-electron chi connectivity index (χ1n) is 8.94. The number of hydrogen-bond donors (Lipinski definition) is 2. The van der Waals surface area contributed by atoms with Gasteiger partial charge < -0.3 is 24.5 Å². The first-order chi connectivity index (χ1) is 13.6. The molecule has 1 aromatic heterocycles. The Morgan fingerprint density at radius 3 is 2.79 bits per heavy atom. The summed E-state index contributed by atoms with van der Waals surface area (Å²) in [6.45, 7) is 1.02. The van der Waals surface area contributed by atoms with E-state index in [1.165, 1.54) is 6.26 Å². The van der Waals surface area contributed by atoms with Gasteiger partial charge in [-0.1, -0.05) is 0 Å². The lowest BCUT2D eigenvalue weighted by atomic mass is 10.1. The predicted octanol–water partition coefficient (Wildman–Crippen LogP) is 1.89. The van der Waals surface area contributed by atoms with Crippen molar-refractivity contribution in [3.63, 3.8) is 0 Å². The molecule has 146 valence electrons. The first kappa shape index (κ1) is 17.9. The summed E-state index contributed by atoms with van der Waals surface area (Å²) >= 11 is 0. The van der Waals surface area contributed by atoms with Crippen LogP contribution in [0.2, 0.25) is 0 Å². The number of carbonyl (C=O) groups is 3. The molecule has 4 rings (SSSR count). The second-order valence-electron chi connectivity index (χ2n) is 6.45. The van der Waals surface area contributed by atoms with Gasteiger partial charge in [-0.15, -0.1) is 0 Å². The molecule has 1 atom stereocenters. The summed E-state index contributed by atoms with van der Waals surface area (Å²) in [6, 6.07) is 7.31. The van der Waals surface area contributed by atoms with Crippen molar-refractivity contribution in [1.82, 2.24) is 10.2 Å². The lowest BCUT2D eigenvalue weighted by Gasteiger charge is -2.19. The number of imide groups is 1. The normalized spacial score (nSPS) is 18.1. The van der Waals surface area contributed by atoms with Crippen molar-refractivity contribution in [3.8, 4) is 11.5 Å². The number of anilines is 1.